The van der Waals surface area contributed by atoms with Crippen LogP contribution in [0, 0.1) is 17.3 Å². The SMILES string of the molecule is CNC(=O)c1ccc(C2CC3(C)C(O)CCC3C3CCC4=CC(=O)CCC4=C23)cc1. The number of rotatable bonds is 2. The van der Waals surface area contributed by atoms with Crippen LogP contribution in [0.25, 0.3) is 0 Å². The van der Waals surface area contributed by atoms with E-state index < -0.39 is 0 Å². The lowest BCUT2D eigenvalue weighted by molar-refractivity contribution is -0.114. The summed E-state index contributed by atoms with van der Waals surface area (Å²) >= 11 is 0. The van der Waals surface area contributed by atoms with Crippen molar-refractivity contribution in [3.05, 3.63) is 58.2 Å². The van der Waals surface area contributed by atoms with Crippen LogP contribution in [0.5, 0.6) is 0 Å². The second kappa shape index (κ2) is 7.19. The molecular weight excluding hydrogens is 374 g/mol. The highest BCUT2D eigenvalue weighted by Gasteiger charge is 2.56. The van der Waals surface area contributed by atoms with E-state index in [1.165, 1.54) is 22.3 Å². The molecule has 5 rings (SSSR count). The molecule has 158 valence electrons. The van der Waals surface area contributed by atoms with Crippen LogP contribution in [0.15, 0.2) is 47.1 Å². The monoisotopic (exact) mass is 405 g/mol. The smallest absolute Gasteiger partial charge is 0.251 e. The summed E-state index contributed by atoms with van der Waals surface area (Å²) in [4.78, 5) is 24.1. The molecule has 4 aliphatic rings. The Morgan fingerprint density at radius 3 is 2.60 bits per heavy atom. The standard InChI is InChI=1S/C26H31NO3/c1-26-14-21(15-3-5-16(6-4-15)25(30)27-2)24-19-10-8-18(28)13-17(19)7-9-20(24)22(26)11-12-23(26)29/h3-6,13,20-23,29H,7-12,14H2,1-2H3,(H,27,30). The molecule has 2 N–H and O–H groups in total. The lowest BCUT2D eigenvalue weighted by atomic mass is 9.53. The zero-order chi connectivity index (χ0) is 21.0. The fourth-order valence-electron chi connectivity index (χ4n) is 6.94. The topological polar surface area (TPSA) is 66.4 Å². The number of hydrogen-bond acceptors (Lipinski definition) is 3. The summed E-state index contributed by atoms with van der Waals surface area (Å²) in [6.45, 7) is 2.29. The van der Waals surface area contributed by atoms with Crippen molar-refractivity contribution in [2.45, 2.75) is 63.9 Å². The quantitative estimate of drug-likeness (QED) is 0.771. The minimum atomic E-state index is -0.244. The molecule has 0 bridgehead atoms. The number of aliphatic hydroxyl groups excluding tert-OH is 1. The van der Waals surface area contributed by atoms with Crippen LogP contribution in [0.4, 0.5) is 0 Å². The average Bonchev–Trinajstić information content (AvgIpc) is 3.06. The molecule has 30 heavy (non-hydrogen) atoms. The Morgan fingerprint density at radius 2 is 1.87 bits per heavy atom. The molecule has 0 radical (unpaired) electrons. The van der Waals surface area contributed by atoms with Gasteiger partial charge in [-0.1, -0.05) is 24.6 Å². The van der Waals surface area contributed by atoms with Crippen LogP contribution in [-0.4, -0.2) is 29.9 Å². The molecule has 5 atom stereocenters. The predicted molar refractivity (Wildman–Crippen MR) is 116 cm³/mol. The fourth-order valence-corrected chi connectivity index (χ4v) is 6.94. The minimum Gasteiger partial charge on any atom is -0.393 e. The van der Waals surface area contributed by atoms with Gasteiger partial charge in [-0.05, 0) is 90.7 Å². The molecule has 0 aliphatic heterocycles. The minimum absolute atomic E-state index is 0.0649. The molecule has 0 heterocycles. The van der Waals surface area contributed by atoms with Gasteiger partial charge in [0.25, 0.3) is 5.91 Å². The normalized spacial score (nSPS) is 35.3. The highest BCUT2D eigenvalue weighted by atomic mass is 16.3. The van der Waals surface area contributed by atoms with Gasteiger partial charge in [0.15, 0.2) is 5.78 Å². The van der Waals surface area contributed by atoms with Gasteiger partial charge in [-0.3, -0.25) is 9.59 Å². The van der Waals surface area contributed by atoms with Crippen LogP contribution in [0.1, 0.15) is 73.7 Å². The summed E-state index contributed by atoms with van der Waals surface area (Å²) in [5.74, 6) is 1.45. The molecule has 2 fully saturated rings. The molecule has 5 unspecified atom stereocenters. The number of hydrogen-bond donors (Lipinski definition) is 2. The summed E-state index contributed by atoms with van der Waals surface area (Å²) in [7, 11) is 1.65. The lowest BCUT2D eigenvalue weighted by Crippen LogP contribution is -2.45. The maximum Gasteiger partial charge on any atom is 0.251 e. The highest BCUT2D eigenvalue weighted by molar-refractivity contribution is 5.94. The number of carbonyl (C=O) groups excluding carboxylic acids is 2. The largest absolute Gasteiger partial charge is 0.393 e. The number of allylic oxidation sites excluding steroid dienone is 4. The van der Waals surface area contributed by atoms with Gasteiger partial charge < -0.3 is 10.4 Å². The van der Waals surface area contributed by atoms with Gasteiger partial charge in [-0.25, -0.2) is 0 Å². The van der Waals surface area contributed by atoms with Gasteiger partial charge >= 0.3 is 0 Å². The van der Waals surface area contributed by atoms with Crippen LogP contribution in [-0.2, 0) is 4.79 Å². The Bertz CT molecular complexity index is 957. The van der Waals surface area contributed by atoms with Crippen molar-refractivity contribution in [2.24, 2.45) is 17.3 Å². The molecule has 0 saturated heterocycles. The number of carbonyl (C=O) groups is 2. The van der Waals surface area contributed by atoms with Crippen LogP contribution in [0.2, 0.25) is 0 Å². The van der Waals surface area contributed by atoms with E-state index in [0.717, 1.165) is 38.5 Å². The fraction of sp³-hybridized carbons (Fsp3) is 0.538. The Hall–Kier alpha value is -2.20. The van der Waals surface area contributed by atoms with Gasteiger partial charge in [0.2, 0.25) is 0 Å². The van der Waals surface area contributed by atoms with E-state index in [9.17, 15) is 14.7 Å². The van der Waals surface area contributed by atoms with Crippen molar-refractivity contribution in [3.8, 4) is 0 Å². The summed E-state index contributed by atoms with van der Waals surface area (Å²) in [6, 6.07) is 8.02. The van der Waals surface area contributed by atoms with Crippen molar-refractivity contribution in [1.29, 1.82) is 0 Å². The first-order valence-electron chi connectivity index (χ1n) is 11.4. The van der Waals surface area contributed by atoms with Gasteiger partial charge in [0, 0.05) is 24.9 Å². The molecule has 4 heteroatoms. The van der Waals surface area contributed by atoms with E-state index >= 15 is 0 Å². The maximum absolute atomic E-state index is 12.1. The van der Waals surface area contributed by atoms with Crippen molar-refractivity contribution < 1.29 is 14.7 Å². The molecule has 1 amide bonds. The lowest BCUT2D eigenvalue weighted by Gasteiger charge is -2.52. The highest BCUT2D eigenvalue weighted by Crippen LogP contribution is 2.63. The summed E-state index contributed by atoms with van der Waals surface area (Å²) in [5, 5.41) is 13.6. The third-order valence-corrected chi connectivity index (χ3v) is 8.48. The number of benzene rings is 1. The Balaban J connectivity index is 1.63. The van der Waals surface area contributed by atoms with Crippen molar-refractivity contribution in [2.75, 3.05) is 7.05 Å². The molecule has 1 aromatic rings. The predicted octanol–water partition coefficient (Wildman–Crippen LogP) is 4.31. The van der Waals surface area contributed by atoms with E-state index in [0.29, 0.717) is 23.8 Å². The molecule has 1 aromatic carbocycles. The third-order valence-electron chi connectivity index (χ3n) is 8.48. The second-order valence-corrected chi connectivity index (χ2v) is 9.88. The Labute approximate surface area is 178 Å². The molecule has 0 spiro atoms. The van der Waals surface area contributed by atoms with Crippen molar-refractivity contribution >= 4 is 11.7 Å². The van der Waals surface area contributed by atoms with Gasteiger partial charge in [-0.2, -0.15) is 0 Å². The van der Waals surface area contributed by atoms with Crippen molar-refractivity contribution in [3.63, 3.8) is 0 Å². The summed E-state index contributed by atoms with van der Waals surface area (Å²) in [5.41, 5.74) is 6.05. The summed E-state index contributed by atoms with van der Waals surface area (Å²) < 4.78 is 0. The van der Waals surface area contributed by atoms with E-state index in [-0.39, 0.29) is 29.1 Å². The maximum atomic E-state index is 12.1. The van der Waals surface area contributed by atoms with Gasteiger partial charge in [0.1, 0.15) is 0 Å². The van der Waals surface area contributed by atoms with Crippen LogP contribution >= 0.6 is 0 Å². The number of aliphatic hydroxyl groups is 1. The number of fused-ring (bicyclic) bond motifs is 4. The first-order valence-corrected chi connectivity index (χ1v) is 11.4. The molecule has 0 aromatic heterocycles. The summed E-state index contributed by atoms with van der Waals surface area (Å²) in [6.07, 6.45) is 8.12. The van der Waals surface area contributed by atoms with Crippen molar-refractivity contribution in [1.82, 2.24) is 5.32 Å². The number of nitrogens with one attached hydrogen (secondary N) is 1. The Kier molecular flexibility index (Phi) is 4.73. The molecule has 4 nitrogen and oxygen atoms in total. The van der Waals surface area contributed by atoms with E-state index in [1.807, 2.05) is 18.2 Å². The van der Waals surface area contributed by atoms with Gasteiger partial charge in [-0.15, -0.1) is 0 Å². The first-order chi connectivity index (χ1) is 14.4. The van der Waals surface area contributed by atoms with Gasteiger partial charge in [0.05, 0.1) is 6.10 Å². The average molecular weight is 406 g/mol. The van der Waals surface area contributed by atoms with E-state index in [2.05, 4.69) is 24.4 Å². The number of ketones is 1. The van der Waals surface area contributed by atoms with E-state index in [1.54, 1.807) is 7.05 Å². The number of amides is 1. The zero-order valence-corrected chi connectivity index (χ0v) is 17.9. The van der Waals surface area contributed by atoms with Crippen LogP contribution in [0.3, 0.4) is 0 Å². The van der Waals surface area contributed by atoms with E-state index in [4.69, 9.17) is 0 Å². The molecule has 2 saturated carbocycles. The first kappa shape index (κ1) is 19.7. The second-order valence-electron chi connectivity index (χ2n) is 9.88. The molecular formula is C26H31NO3. The zero-order valence-electron chi connectivity index (χ0n) is 17.9. The third kappa shape index (κ3) is 2.91. The molecule has 4 aliphatic carbocycles. The Morgan fingerprint density at radius 1 is 1.10 bits per heavy atom. The van der Waals surface area contributed by atoms with Crippen LogP contribution < -0.4 is 5.32 Å².